The average Bonchev–Trinajstić information content (AvgIpc) is 2.74. The van der Waals surface area contributed by atoms with Crippen molar-refractivity contribution in [1.82, 2.24) is 9.55 Å². The van der Waals surface area contributed by atoms with Crippen LogP contribution < -0.4 is 10.3 Å². The molecule has 0 spiro atoms. The zero-order chi connectivity index (χ0) is 24.0. The van der Waals surface area contributed by atoms with Gasteiger partial charge in [0.15, 0.2) is 0 Å². The maximum Gasteiger partial charge on any atom is 0.265 e. The largest absolute Gasteiger partial charge is 0.506 e. The summed E-state index contributed by atoms with van der Waals surface area (Å²) < 4.78 is 26.7. The molecule has 4 aromatic rings. The summed E-state index contributed by atoms with van der Waals surface area (Å²) in [6.07, 6.45) is 2.38. The van der Waals surface area contributed by atoms with Crippen molar-refractivity contribution in [1.29, 1.82) is 0 Å². The van der Waals surface area contributed by atoms with Crippen molar-refractivity contribution in [3.05, 3.63) is 82.9 Å². The van der Waals surface area contributed by atoms with Crippen LogP contribution in [0.2, 0.25) is 0 Å². The first kappa shape index (κ1) is 22.5. The second-order valence-electron chi connectivity index (χ2n) is 9.05. The van der Waals surface area contributed by atoms with Gasteiger partial charge in [-0.2, -0.15) is 0 Å². The van der Waals surface area contributed by atoms with Crippen LogP contribution in [0, 0.1) is 0 Å². The Labute approximate surface area is 192 Å². The van der Waals surface area contributed by atoms with Gasteiger partial charge in [0.05, 0.1) is 28.5 Å². The topological polar surface area (TPSA) is 101 Å². The van der Waals surface area contributed by atoms with Gasteiger partial charge in [-0.3, -0.25) is 14.1 Å². The van der Waals surface area contributed by atoms with E-state index in [9.17, 15) is 18.3 Å². The fourth-order valence-electron chi connectivity index (χ4n) is 3.60. The number of fused-ring (bicyclic) bond motifs is 1. The first-order valence-corrected chi connectivity index (χ1v) is 12.2. The fraction of sp³-hybridized carbons (Fsp3) is 0.200. The Hall–Kier alpha value is -3.65. The monoisotopic (exact) mass is 463 g/mol. The lowest BCUT2D eigenvalue weighted by molar-refractivity contribution is 0.477. The number of nitrogens with one attached hydrogen (secondary N) is 1. The number of sulfonamides is 1. The van der Waals surface area contributed by atoms with Crippen LogP contribution in [0.15, 0.2) is 71.8 Å². The van der Waals surface area contributed by atoms with Gasteiger partial charge in [0.2, 0.25) is 10.0 Å². The molecule has 3 aromatic carbocycles. The first-order valence-electron chi connectivity index (χ1n) is 10.4. The molecule has 0 aliphatic rings. The van der Waals surface area contributed by atoms with E-state index in [-0.39, 0.29) is 22.4 Å². The van der Waals surface area contributed by atoms with Gasteiger partial charge in [-0.05, 0) is 52.4 Å². The molecule has 0 amide bonds. The minimum atomic E-state index is -3.60. The summed E-state index contributed by atoms with van der Waals surface area (Å²) in [5.74, 6) is -0.243. The number of nitrogens with zero attached hydrogens (tertiary/aromatic N) is 2. The second kappa shape index (κ2) is 8.04. The number of benzene rings is 3. The highest BCUT2D eigenvalue weighted by Crippen LogP contribution is 2.28. The maximum atomic E-state index is 13.1. The molecule has 1 aromatic heterocycles. The summed E-state index contributed by atoms with van der Waals surface area (Å²) in [6.45, 7) is 6.50. The third-order valence-corrected chi connectivity index (χ3v) is 5.99. The third-order valence-electron chi connectivity index (χ3n) is 5.40. The normalized spacial score (nSPS) is 12.1. The minimum absolute atomic E-state index is 0.0175. The van der Waals surface area contributed by atoms with Gasteiger partial charge in [0, 0.05) is 0 Å². The highest BCUT2D eigenvalue weighted by Gasteiger charge is 2.14. The number of aromatic nitrogens is 2. The minimum Gasteiger partial charge on any atom is -0.506 e. The van der Waals surface area contributed by atoms with Crippen LogP contribution in [0.25, 0.3) is 27.7 Å². The Morgan fingerprint density at radius 3 is 2.24 bits per heavy atom. The average molecular weight is 464 g/mol. The number of hydrogen-bond donors (Lipinski definition) is 2. The molecule has 0 saturated carbocycles. The van der Waals surface area contributed by atoms with Crippen LogP contribution in [0.3, 0.4) is 0 Å². The van der Waals surface area contributed by atoms with Crippen LogP contribution in [0.5, 0.6) is 5.75 Å². The molecule has 0 bridgehead atoms. The number of phenols is 1. The molecule has 0 aliphatic carbocycles. The van der Waals surface area contributed by atoms with E-state index in [4.69, 9.17) is 0 Å². The van der Waals surface area contributed by atoms with E-state index < -0.39 is 10.0 Å². The predicted molar refractivity (Wildman–Crippen MR) is 132 cm³/mol. The molecular formula is C25H25N3O4S. The number of anilines is 1. The quantitative estimate of drug-likeness (QED) is 0.436. The lowest BCUT2D eigenvalue weighted by atomic mass is 9.86. The zero-order valence-corrected chi connectivity index (χ0v) is 19.6. The van der Waals surface area contributed by atoms with Gasteiger partial charge in [0.25, 0.3) is 5.56 Å². The van der Waals surface area contributed by atoms with Gasteiger partial charge < -0.3 is 5.11 Å². The number of aromatic hydroxyl groups is 1. The van der Waals surface area contributed by atoms with Gasteiger partial charge in [-0.25, -0.2) is 13.4 Å². The molecule has 0 saturated heterocycles. The molecule has 0 atom stereocenters. The fourth-order valence-corrected chi connectivity index (χ4v) is 4.17. The van der Waals surface area contributed by atoms with Crippen molar-refractivity contribution in [2.45, 2.75) is 26.2 Å². The summed E-state index contributed by atoms with van der Waals surface area (Å²) in [5.41, 5.74) is 3.91. The Morgan fingerprint density at radius 1 is 0.939 bits per heavy atom. The van der Waals surface area contributed by atoms with E-state index in [0.29, 0.717) is 16.6 Å². The molecule has 33 heavy (non-hydrogen) atoms. The molecule has 0 aliphatic heterocycles. The van der Waals surface area contributed by atoms with Crippen molar-refractivity contribution >= 4 is 26.6 Å². The number of rotatable bonds is 4. The SMILES string of the molecule is CC(C)(C)c1ccc(-c2ccc3c(=O)n(-c4ccc(O)c(NS(C)(=O)=O)c4)cnc3c2)cc1. The molecule has 1 heterocycles. The van der Waals surface area contributed by atoms with E-state index in [1.54, 1.807) is 6.07 Å². The smallest absolute Gasteiger partial charge is 0.265 e. The van der Waals surface area contributed by atoms with Gasteiger partial charge in [-0.15, -0.1) is 0 Å². The highest BCUT2D eigenvalue weighted by molar-refractivity contribution is 7.92. The van der Waals surface area contributed by atoms with Crippen LogP contribution >= 0.6 is 0 Å². The Kier molecular flexibility index (Phi) is 5.49. The van der Waals surface area contributed by atoms with E-state index in [0.717, 1.165) is 17.4 Å². The molecular weight excluding hydrogens is 438 g/mol. The number of hydrogen-bond acceptors (Lipinski definition) is 5. The van der Waals surface area contributed by atoms with Crippen LogP contribution in [0.4, 0.5) is 5.69 Å². The lowest BCUT2D eigenvalue weighted by Gasteiger charge is -2.19. The Bertz CT molecular complexity index is 1520. The molecule has 170 valence electrons. The molecule has 7 nitrogen and oxygen atoms in total. The second-order valence-corrected chi connectivity index (χ2v) is 10.8. The van der Waals surface area contributed by atoms with E-state index in [2.05, 4.69) is 54.7 Å². The lowest BCUT2D eigenvalue weighted by Crippen LogP contribution is -2.19. The Morgan fingerprint density at radius 2 is 1.61 bits per heavy atom. The number of phenolic OH excluding ortho intramolecular Hbond substituents is 1. The van der Waals surface area contributed by atoms with Crippen molar-refractivity contribution in [3.8, 4) is 22.6 Å². The molecule has 8 heteroatoms. The van der Waals surface area contributed by atoms with Gasteiger partial charge >= 0.3 is 0 Å². The summed E-state index contributed by atoms with van der Waals surface area (Å²) in [6, 6.07) is 18.1. The van der Waals surface area contributed by atoms with Crippen molar-refractivity contribution in [2.75, 3.05) is 11.0 Å². The van der Waals surface area contributed by atoms with E-state index in [1.807, 2.05) is 12.1 Å². The van der Waals surface area contributed by atoms with Gasteiger partial charge in [-0.1, -0.05) is 51.1 Å². The third kappa shape index (κ3) is 4.75. The summed E-state index contributed by atoms with van der Waals surface area (Å²) in [7, 11) is -3.60. The van der Waals surface area contributed by atoms with E-state index in [1.165, 1.54) is 34.7 Å². The van der Waals surface area contributed by atoms with Crippen molar-refractivity contribution in [3.63, 3.8) is 0 Å². The van der Waals surface area contributed by atoms with Crippen molar-refractivity contribution in [2.24, 2.45) is 0 Å². The summed E-state index contributed by atoms with van der Waals surface area (Å²) in [4.78, 5) is 17.6. The molecule has 0 radical (unpaired) electrons. The highest BCUT2D eigenvalue weighted by atomic mass is 32.2. The molecule has 0 fully saturated rings. The van der Waals surface area contributed by atoms with Crippen LogP contribution in [-0.4, -0.2) is 29.3 Å². The van der Waals surface area contributed by atoms with Crippen LogP contribution in [0.1, 0.15) is 26.3 Å². The molecule has 4 rings (SSSR count). The van der Waals surface area contributed by atoms with Crippen LogP contribution in [-0.2, 0) is 15.4 Å². The van der Waals surface area contributed by atoms with Crippen molar-refractivity contribution < 1.29 is 13.5 Å². The summed E-state index contributed by atoms with van der Waals surface area (Å²) in [5, 5.41) is 10.4. The maximum absolute atomic E-state index is 13.1. The predicted octanol–water partition coefficient (Wildman–Crippen LogP) is 4.43. The molecule has 2 N–H and O–H groups in total. The molecule has 0 unspecified atom stereocenters. The van der Waals surface area contributed by atoms with E-state index >= 15 is 0 Å². The standard InChI is InChI=1S/C25H25N3O4S/c1-25(2,3)18-8-5-16(6-9-18)17-7-11-20-21(13-17)26-15-28(24(20)30)19-10-12-23(29)22(14-19)27-33(4,31)32/h5-15,27,29H,1-4H3. The first-order chi connectivity index (χ1) is 15.4. The Balaban J connectivity index is 1.74. The van der Waals surface area contributed by atoms with Gasteiger partial charge in [0.1, 0.15) is 12.1 Å². The summed E-state index contributed by atoms with van der Waals surface area (Å²) >= 11 is 0. The zero-order valence-electron chi connectivity index (χ0n) is 18.8.